The number of aryl methyl sites for hydroxylation is 1. The molecule has 0 unspecified atom stereocenters. The summed E-state index contributed by atoms with van der Waals surface area (Å²) in [4.78, 5) is 14.5. The van der Waals surface area contributed by atoms with E-state index in [9.17, 15) is 4.79 Å². The summed E-state index contributed by atoms with van der Waals surface area (Å²) >= 11 is 0. The van der Waals surface area contributed by atoms with Crippen LogP contribution in [0.3, 0.4) is 0 Å². The second kappa shape index (κ2) is 8.59. The molecule has 0 aliphatic carbocycles. The molecule has 0 aromatic heterocycles. The summed E-state index contributed by atoms with van der Waals surface area (Å²) in [5.74, 6) is 3.75. The van der Waals surface area contributed by atoms with Gasteiger partial charge in [-0.1, -0.05) is 24.1 Å². The number of nitrogens with one attached hydrogen (secondary N) is 1. The summed E-state index contributed by atoms with van der Waals surface area (Å²) in [5, 5.41) is 3.06. The number of hydrogen-bond donors (Lipinski definition) is 1. The Balaban J connectivity index is 1.73. The lowest BCUT2D eigenvalue weighted by atomic mass is 9.95. The number of piperidine rings is 1. The van der Waals surface area contributed by atoms with Crippen LogP contribution in [0.25, 0.3) is 0 Å². The minimum absolute atomic E-state index is 0.00848. The van der Waals surface area contributed by atoms with E-state index in [2.05, 4.69) is 16.1 Å². The van der Waals surface area contributed by atoms with Crippen molar-refractivity contribution in [1.29, 1.82) is 0 Å². The number of carbonyl (C=O) groups is 1. The van der Waals surface area contributed by atoms with Gasteiger partial charge in [0.2, 0.25) is 5.91 Å². The molecule has 124 valence electrons. The van der Waals surface area contributed by atoms with E-state index in [0.29, 0.717) is 13.2 Å². The van der Waals surface area contributed by atoms with Gasteiger partial charge in [-0.15, -0.1) is 6.42 Å². The van der Waals surface area contributed by atoms with E-state index >= 15 is 0 Å². The Kier molecular flexibility index (Phi) is 6.49. The van der Waals surface area contributed by atoms with Crippen LogP contribution in [-0.2, 0) is 4.79 Å². The van der Waals surface area contributed by atoms with Crippen LogP contribution in [0, 0.1) is 25.2 Å². The maximum atomic E-state index is 12.3. The number of ether oxygens (including phenoxy) is 1. The molecule has 1 aromatic rings. The van der Waals surface area contributed by atoms with Gasteiger partial charge in [0.25, 0.3) is 0 Å². The fraction of sp³-hybridized carbons (Fsp3) is 0.526. The molecule has 1 fully saturated rings. The SMILES string of the molecule is C#CCN1CCC(C(=O)N[C@H](C)COc2ccccc2C)CC1. The van der Waals surface area contributed by atoms with Crippen LogP contribution < -0.4 is 10.1 Å². The maximum absolute atomic E-state index is 12.3. The summed E-state index contributed by atoms with van der Waals surface area (Å²) in [5.41, 5.74) is 1.10. The molecule has 1 aliphatic heterocycles. The molecule has 1 heterocycles. The third-order valence-corrected chi connectivity index (χ3v) is 4.24. The number of para-hydroxylation sites is 1. The molecule has 1 aliphatic rings. The minimum Gasteiger partial charge on any atom is -0.491 e. The van der Waals surface area contributed by atoms with E-state index in [1.807, 2.05) is 38.1 Å². The quantitative estimate of drug-likeness (QED) is 0.819. The van der Waals surface area contributed by atoms with E-state index < -0.39 is 0 Å². The normalized spacial score (nSPS) is 17.3. The van der Waals surface area contributed by atoms with Crippen LogP contribution in [-0.4, -0.2) is 43.1 Å². The van der Waals surface area contributed by atoms with Gasteiger partial charge >= 0.3 is 0 Å². The maximum Gasteiger partial charge on any atom is 0.223 e. The first-order valence-corrected chi connectivity index (χ1v) is 8.24. The van der Waals surface area contributed by atoms with Crippen LogP contribution in [0.1, 0.15) is 25.3 Å². The molecule has 2 rings (SSSR count). The van der Waals surface area contributed by atoms with Gasteiger partial charge in [-0.3, -0.25) is 9.69 Å². The molecule has 4 heteroatoms. The van der Waals surface area contributed by atoms with Gasteiger partial charge < -0.3 is 10.1 Å². The zero-order chi connectivity index (χ0) is 16.7. The molecule has 1 amide bonds. The van der Waals surface area contributed by atoms with Gasteiger partial charge in [-0.25, -0.2) is 0 Å². The van der Waals surface area contributed by atoms with Crippen molar-refractivity contribution in [3.8, 4) is 18.1 Å². The first-order chi connectivity index (χ1) is 11.1. The number of likely N-dealkylation sites (tertiary alicyclic amines) is 1. The van der Waals surface area contributed by atoms with E-state index in [0.717, 1.165) is 37.2 Å². The fourth-order valence-corrected chi connectivity index (χ4v) is 2.82. The minimum atomic E-state index is -0.00848. The number of benzene rings is 1. The van der Waals surface area contributed by atoms with Crippen LogP contribution in [0.4, 0.5) is 0 Å². The average molecular weight is 314 g/mol. The summed E-state index contributed by atoms with van der Waals surface area (Å²) < 4.78 is 5.79. The van der Waals surface area contributed by atoms with Crippen molar-refractivity contribution in [3.05, 3.63) is 29.8 Å². The Morgan fingerprint density at radius 1 is 1.43 bits per heavy atom. The second-order valence-corrected chi connectivity index (χ2v) is 6.24. The third kappa shape index (κ3) is 5.30. The van der Waals surface area contributed by atoms with Gasteiger partial charge in [0.15, 0.2) is 0 Å². The van der Waals surface area contributed by atoms with Crippen molar-refractivity contribution in [2.24, 2.45) is 5.92 Å². The molecule has 1 atom stereocenters. The Hall–Kier alpha value is -1.99. The molecule has 0 radical (unpaired) electrons. The van der Waals surface area contributed by atoms with Gasteiger partial charge in [-0.05, 0) is 51.4 Å². The van der Waals surface area contributed by atoms with Crippen molar-refractivity contribution >= 4 is 5.91 Å². The van der Waals surface area contributed by atoms with Gasteiger partial charge in [-0.2, -0.15) is 0 Å². The summed E-state index contributed by atoms with van der Waals surface area (Å²) in [6.45, 7) is 6.94. The largest absolute Gasteiger partial charge is 0.491 e. The molecule has 23 heavy (non-hydrogen) atoms. The predicted molar refractivity (Wildman–Crippen MR) is 92.3 cm³/mol. The molecule has 0 bridgehead atoms. The molecule has 0 saturated carbocycles. The Labute approximate surface area is 139 Å². The summed E-state index contributed by atoms with van der Waals surface area (Å²) in [7, 11) is 0. The van der Waals surface area contributed by atoms with Crippen LogP contribution in [0.2, 0.25) is 0 Å². The topological polar surface area (TPSA) is 41.6 Å². The highest BCUT2D eigenvalue weighted by atomic mass is 16.5. The van der Waals surface area contributed by atoms with Gasteiger partial charge in [0.05, 0.1) is 12.6 Å². The fourth-order valence-electron chi connectivity index (χ4n) is 2.82. The predicted octanol–water partition coefficient (Wildman–Crippen LogP) is 2.22. The van der Waals surface area contributed by atoms with Crippen molar-refractivity contribution in [2.75, 3.05) is 26.2 Å². The lowest BCUT2D eigenvalue weighted by Crippen LogP contribution is -2.44. The molecule has 1 saturated heterocycles. The standard InChI is InChI=1S/C19H26N2O2/c1-4-11-21-12-9-17(10-13-21)19(22)20-16(3)14-23-18-8-6-5-7-15(18)2/h1,5-8,16-17H,9-14H2,2-3H3,(H,20,22)/t16-/m1/s1. The average Bonchev–Trinajstić information content (AvgIpc) is 2.55. The first-order valence-electron chi connectivity index (χ1n) is 8.24. The van der Waals surface area contributed by atoms with Crippen LogP contribution in [0.15, 0.2) is 24.3 Å². The summed E-state index contributed by atoms with van der Waals surface area (Å²) in [6, 6.07) is 7.90. The smallest absolute Gasteiger partial charge is 0.223 e. The Morgan fingerprint density at radius 3 is 2.78 bits per heavy atom. The van der Waals surface area contributed by atoms with E-state index in [4.69, 9.17) is 11.2 Å². The third-order valence-electron chi connectivity index (χ3n) is 4.24. The summed E-state index contributed by atoms with van der Waals surface area (Å²) in [6.07, 6.45) is 7.07. The number of hydrogen-bond acceptors (Lipinski definition) is 3. The van der Waals surface area contributed by atoms with Crippen LogP contribution >= 0.6 is 0 Å². The van der Waals surface area contributed by atoms with E-state index in [-0.39, 0.29) is 17.9 Å². The zero-order valence-corrected chi connectivity index (χ0v) is 14.0. The highest BCUT2D eigenvalue weighted by Crippen LogP contribution is 2.18. The number of amides is 1. The lowest BCUT2D eigenvalue weighted by molar-refractivity contribution is -0.127. The first kappa shape index (κ1) is 17.4. The molecule has 1 aromatic carbocycles. The Bertz CT molecular complexity index is 557. The van der Waals surface area contributed by atoms with E-state index in [1.165, 1.54) is 0 Å². The molecule has 4 nitrogen and oxygen atoms in total. The van der Waals surface area contributed by atoms with Gasteiger partial charge in [0, 0.05) is 5.92 Å². The number of nitrogens with zero attached hydrogens (tertiary/aromatic N) is 1. The monoisotopic (exact) mass is 314 g/mol. The highest BCUT2D eigenvalue weighted by molar-refractivity contribution is 5.79. The van der Waals surface area contributed by atoms with Crippen molar-refractivity contribution in [2.45, 2.75) is 32.7 Å². The van der Waals surface area contributed by atoms with Crippen molar-refractivity contribution < 1.29 is 9.53 Å². The van der Waals surface area contributed by atoms with E-state index in [1.54, 1.807) is 0 Å². The van der Waals surface area contributed by atoms with Crippen LogP contribution in [0.5, 0.6) is 5.75 Å². The zero-order valence-electron chi connectivity index (χ0n) is 14.0. The number of rotatable bonds is 6. The lowest BCUT2D eigenvalue weighted by Gasteiger charge is -2.30. The van der Waals surface area contributed by atoms with Gasteiger partial charge in [0.1, 0.15) is 12.4 Å². The molecular formula is C19H26N2O2. The van der Waals surface area contributed by atoms with Crippen molar-refractivity contribution in [1.82, 2.24) is 10.2 Å². The molecule has 1 N–H and O–H groups in total. The Morgan fingerprint density at radius 2 is 2.13 bits per heavy atom. The number of terminal acetylenes is 1. The molecule has 0 spiro atoms. The highest BCUT2D eigenvalue weighted by Gasteiger charge is 2.25. The number of carbonyl (C=O) groups excluding carboxylic acids is 1. The molecular weight excluding hydrogens is 288 g/mol. The van der Waals surface area contributed by atoms with Crippen molar-refractivity contribution in [3.63, 3.8) is 0 Å². The second-order valence-electron chi connectivity index (χ2n) is 6.24.